The van der Waals surface area contributed by atoms with E-state index in [1.165, 1.54) is 12.8 Å². The van der Waals surface area contributed by atoms with Gasteiger partial charge in [-0.05, 0) is 25.7 Å². The summed E-state index contributed by atoms with van der Waals surface area (Å²) in [5.41, 5.74) is 0.0772. The molecule has 16 heavy (non-hydrogen) atoms. The lowest BCUT2D eigenvalue weighted by Gasteiger charge is -2.25. The molecule has 0 aromatic carbocycles. The summed E-state index contributed by atoms with van der Waals surface area (Å²) >= 11 is 0. The van der Waals surface area contributed by atoms with Crippen molar-refractivity contribution in [3.8, 4) is 5.88 Å². The molecule has 1 fully saturated rings. The van der Waals surface area contributed by atoms with E-state index in [1.54, 1.807) is 6.92 Å². The third-order valence-corrected chi connectivity index (χ3v) is 3.47. The lowest BCUT2D eigenvalue weighted by atomic mass is 9.82. The van der Waals surface area contributed by atoms with E-state index in [-0.39, 0.29) is 11.4 Å². The molecule has 0 aliphatic heterocycles. The van der Waals surface area contributed by atoms with Crippen LogP contribution >= 0.6 is 0 Å². The molecule has 2 unspecified atom stereocenters. The topological polar surface area (TPSA) is 66.0 Å². The first kappa shape index (κ1) is 11.2. The standard InChI is InChI=1S/C12H18N2O2/c1-7-4-3-5-9(6-7)10-13-11(15)8(2)12(16)14-10/h7,9H,3-6H2,1-2H3,(H2,13,14,15,16). The summed E-state index contributed by atoms with van der Waals surface area (Å²) in [5.74, 6) is 1.49. The van der Waals surface area contributed by atoms with E-state index in [2.05, 4.69) is 16.9 Å². The fourth-order valence-electron chi connectivity index (χ4n) is 2.41. The quantitative estimate of drug-likeness (QED) is 0.764. The molecule has 0 bridgehead atoms. The highest BCUT2D eigenvalue weighted by atomic mass is 16.3. The number of hydrogen-bond acceptors (Lipinski definition) is 3. The number of hydrogen-bond donors (Lipinski definition) is 2. The second kappa shape index (κ2) is 4.28. The molecule has 2 N–H and O–H groups in total. The van der Waals surface area contributed by atoms with Crippen LogP contribution in [0.3, 0.4) is 0 Å². The molecule has 1 heterocycles. The van der Waals surface area contributed by atoms with Crippen LogP contribution in [0.1, 0.15) is 49.9 Å². The minimum Gasteiger partial charge on any atom is -0.493 e. The van der Waals surface area contributed by atoms with E-state index in [4.69, 9.17) is 0 Å². The summed E-state index contributed by atoms with van der Waals surface area (Å²) in [6.45, 7) is 3.80. The first-order valence-corrected chi connectivity index (χ1v) is 5.87. The molecular weight excluding hydrogens is 204 g/mol. The highest BCUT2D eigenvalue weighted by Gasteiger charge is 2.23. The summed E-state index contributed by atoms with van der Waals surface area (Å²) in [4.78, 5) is 18.4. The van der Waals surface area contributed by atoms with E-state index in [0.717, 1.165) is 12.8 Å². The van der Waals surface area contributed by atoms with Gasteiger partial charge in [0.25, 0.3) is 5.56 Å². The van der Waals surface area contributed by atoms with E-state index in [0.29, 0.717) is 23.2 Å². The number of nitrogens with zero attached hydrogens (tertiary/aromatic N) is 1. The van der Waals surface area contributed by atoms with Gasteiger partial charge in [0.1, 0.15) is 5.82 Å². The summed E-state index contributed by atoms with van der Waals surface area (Å²) in [6.07, 6.45) is 4.52. The first-order chi connectivity index (χ1) is 7.58. The van der Waals surface area contributed by atoms with Gasteiger partial charge in [0.2, 0.25) is 5.88 Å². The zero-order valence-corrected chi connectivity index (χ0v) is 9.79. The zero-order valence-electron chi connectivity index (χ0n) is 9.79. The summed E-state index contributed by atoms with van der Waals surface area (Å²) < 4.78 is 0. The molecule has 2 atom stereocenters. The predicted octanol–water partition coefficient (Wildman–Crippen LogP) is 2.08. The summed E-state index contributed by atoms with van der Waals surface area (Å²) in [5, 5.41) is 9.55. The Morgan fingerprint density at radius 1 is 1.44 bits per heavy atom. The molecule has 0 saturated heterocycles. The second-order valence-corrected chi connectivity index (χ2v) is 4.87. The Morgan fingerprint density at radius 2 is 2.19 bits per heavy atom. The maximum atomic E-state index is 11.5. The Morgan fingerprint density at radius 3 is 2.81 bits per heavy atom. The van der Waals surface area contributed by atoms with E-state index < -0.39 is 0 Å². The Hall–Kier alpha value is -1.32. The van der Waals surface area contributed by atoms with Gasteiger partial charge in [-0.15, -0.1) is 0 Å². The van der Waals surface area contributed by atoms with Crippen molar-refractivity contribution in [2.45, 2.75) is 45.4 Å². The predicted molar refractivity (Wildman–Crippen MR) is 61.6 cm³/mol. The zero-order chi connectivity index (χ0) is 11.7. The molecule has 1 saturated carbocycles. The first-order valence-electron chi connectivity index (χ1n) is 5.87. The van der Waals surface area contributed by atoms with Crippen LogP contribution in [0.5, 0.6) is 5.88 Å². The SMILES string of the molecule is Cc1c(O)nc(C2CCCC(C)C2)[nH]c1=O. The molecule has 0 radical (unpaired) electrons. The highest BCUT2D eigenvalue weighted by Crippen LogP contribution is 2.34. The normalized spacial score (nSPS) is 25.6. The van der Waals surface area contributed by atoms with Crippen LogP contribution in [0.15, 0.2) is 4.79 Å². The van der Waals surface area contributed by atoms with Gasteiger partial charge in [0, 0.05) is 5.92 Å². The van der Waals surface area contributed by atoms with Crippen LogP contribution < -0.4 is 5.56 Å². The molecule has 0 spiro atoms. The van der Waals surface area contributed by atoms with Crippen LogP contribution in [0.2, 0.25) is 0 Å². The van der Waals surface area contributed by atoms with Gasteiger partial charge in [-0.2, -0.15) is 4.98 Å². The number of H-pyrrole nitrogens is 1. The Labute approximate surface area is 94.7 Å². The fourth-order valence-corrected chi connectivity index (χ4v) is 2.41. The van der Waals surface area contributed by atoms with Crippen molar-refractivity contribution in [2.75, 3.05) is 0 Å². The van der Waals surface area contributed by atoms with Crippen molar-refractivity contribution in [3.63, 3.8) is 0 Å². The van der Waals surface area contributed by atoms with Crippen LogP contribution in [0.25, 0.3) is 0 Å². The van der Waals surface area contributed by atoms with E-state index in [9.17, 15) is 9.90 Å². The smallest absolute Gasteiger partial charge is 0.257 e. The van der Waals surface area contributed by atoms with Gasteiger partial charge in [-0.1, -0.05) is 19.8 Å². The third-order valence-electron chi connectivity index (χ3n) is 3.47. The maximum absolute atomic E-state index is 11.5. The second-order valence-electron chi connectivity index (χ2n) is 4.87. The Bertz CT molecular complexity index is 439. The maximum Gasteiger partial charge on any atom is 0.257 e. The van der Waals surface area contributed by atoms with Gasteiger partial charge in [0.15, 0.2) is 0 Å². The number of nitrogens with one attached hydrogen (secondary N) is 1. The molecule has 88 valence electrons. The molecule has 1 aliphatic carbocycles. The molecule has 2 rings (SSSR count). The van der Waals surface area contributed by atoms with Crippen LogP contribution in [0.4, 0.5) is 0 Å². The molecule has 1 aliphatic rings. The van der Waals surface area contributed by atoms with Gasteiger partial charge < -0.3 is 10.1 Å². The number of aromatic amines is 1. The number of aromatic hydroxyl groups is 1. The molecule has 1 aromatic heterocycles. The fraction of sp³-hybridized carbons (Fsp3) is 0.667. The monoisotopic (exact) mass is 222 g/mol. The third kappa shape index (κ3) is 2.10. The average molecular weight is 222 g/mol. The summed E-state index contributed by atoms with van der Waals surface area (Å²) in [6, 6.07) is 0. The van der Waals surface area contributed by atoms with Crippen LogP contribution in [-0.4, -0.2) is 15.1 Å². The average Bonchev–Trinajstić information content (AvgIpc) is 2.25. The molecule has 0 amide bonds. The lowest BCUT2D eigenvalue weighted by molar-refractivity contribution is 0.331. The molecule has 4 nitrogen and oxygen atoms in total. The minimum atomic E-state index is -0.222. The van der Waals surface area contributed by atoms with Crippen molar-refractivity contribution in [1.29, 1.82) is 0 Å². The Balaban J connectivity index is 2.30. The van der Waals surface area contributed by atoms with Crippen molar-refractivity contribution in [3.05, 3.63) is 21.7 Å². The van der Waals surface area contributed by atoms with E-state index in [1.807, 2.05) is 0 Å². The molecule has 1 aromatic rings. The van der Waals surface area contributed by atoms with Crippen LogP contribution in [-0.2, 0) is 0 Å². The van der Waals surface area contributed by atoms with Crippen LogP contribution in [0, 0.1) is 12.8 Å². The molecule has 4 heteroatoms. The largest absolute Gasteiger partial charge is 0.493 e. The van der Waals surface area contributed by atoms with Crippen molar-refractivity contribution >= 4 is 0 Å². The summed E-state index contributed by atoms with van der Waals surface area (Å²) in [7, 11) is 0. The highest BCUT2D eigenvalue weighted by molar-refractivity contribution is 5.21. The molecular formula is C12H18N2O2. The van der Waals surface area contributed by atoms with Crippen molar-refractivity contribution in [1.82, 2.24) is 9.97 Å². The number of aromatic nitrogens is 2. The number of rotatable bonds is 1. The van der Waals surface area contributed by atoms with E-state index >= 15 is 0 Å². The minimum absolute atomic E-state index is 0.128. The lowest BCUT2D eigenvalue weighted by Crippen LogP contribution is -2.20. The van der Waals surface area contributed by atoms with Gasteiger partial charge in [-0.3, -0.25) is 4.79 Å². The Kier molecular flexibility index (Phi) is 2.99. The van der Waals surface area contributed by atoms with Gasteiger partial charge in [0.05, 0.1) is 5.56 Å². The van der Waals surface area contributed by atoms with Crippen molar-refractivity contribution < 1.29 is 5.11 Å². The van der Waals surface area contributed by atoms with Crippen molar-refractivity contribution in [2.24, 2.45) is 5.92 Å². The van der Waals surface area contributed by atoms with Gasteiger partial charge >= 0.3 is 0 Å². The van der Waals surface area contributed by atoms with Gasteiger partial charge in [-0.25, -0.2) is 0 Å².